The van der Waals surface area contributed by atoms with Crippen LogP contribution >= 0.6 is 11.3 Å². The van der Waals surface area contributed by atoms with Crippen molar-refractivity contribution in [1.82, 2.24) is 0 Å². The van der Waals surface area contributed by atoms with Crippen LogP contribution in [0.5, 0.6) is 0 Å². The third-order valence-electron chi connectivity index (χ3n) is 11.8. The van der Waals surface area contributed by atoms with Crippen LogP contribution in [0.3, 0.4) is 0 Å². The van der Waals surface area contributed by atoms with Crippen molar-refractivity contribution in [1.29, 1.82) is 0 Å². The third-order valence-corrected chi connectivity index (χ3v) is 13.1. The van der Waals surface area contributed by atoms with Crippen molar-refractivity contribution in [3.63, 3.8) is 0 Å². The highest BCUT2D eigenvalue weighted by molar-refractivity contribution is 7.26. The Kier molecular flexibility index (Phi) is 22.6. The van der Waals surface area contributed by atoms with E-state index in [4.69, 9.17) is 0 Å². The Morgan fingerprint density at radius 2 is 1.23 bits per heavy atom. The van der Waals surface area contributed by atoms with E-state index < -0.39 is 0 Å². The summed E-state index contributed by atoms with van der Waals surface area (Å²) in [5.41, 5.74) is 16.8. The lowest BCUT2D eigenvalue weighted by molar-refractivity contribution is 0.567. The first-order valence-corrected chi connectivity index (χ1v) is 24.7. The molecule has 1 heterocycles. The highest BCUT2D eigenvalue weighted by Crippen LogP contribution is 2.44. The predicted molar refractivity (Wildman–Crippen MR) is 296 cm³/mol. The molecule has 0 radical (unpaired) electrons. The van der Waals surface area contributed by atoms with Gasteiger partial charge in [0.25, 0.3) is 0 Å². The minimum atomic E-state index is 0.332. The van der Waals surface area contributed by atoms with Gasteiger partial charge in [0.05, 0.1) is 0 Å². The van der Waals surface area contributed by atoms with Crippen molar-refractivity contribution in [3.8, 4) is 22.3 Å². The van der Waals surface area contributed by atoms with Crippen LogP contribution in [-0.4, -0.2) is 5.71 Å². The average Bonchev–Trinajstić information content (AvgIpc) is 3.74. The van der Waals surface area contributed by atoms with Gasteiger partial charge in [-0.1, -0.05) is 227 Å². The van der Waals surface area contributed by atoms with E-state index in [1.54, 1.807) is 6.20 Å². The normalized spacial score (nSPS) is 13.6. The molecular formula is C63H77NS. The zero-order valence-electron chi connectivity index (χ0n) is 42.2. The van der Waals surface area contributed by atoms with Gasteiger partial charge in [0.2, 0.25) is 0 Å². The lowest BCUT2D eigenvalue weighted by atomic mass is 9.76. The molecule has 1 aromatic heterocycles. The SMILES string of the molecule is C=C(C1=CC(C)CC=C1)C(C)C(C)c1ccccc1-c1c(C)ccc(-c2ccc3c(sc4ccccc43)c2C)c1C.C=CN=C(C)c1ccccc1.CC.CC.CC.Cc1ccccc1. The van der Waals surface area contributed by atoms with Crippen LogP contribution in [-0.2, 0) is 0 Å². The zero-order valence-corrected chi connectivity index (χ0v) is 43.0. The van der Waals surface area contributed by atoms with Crippen LogP contribution in [0.15, 0.2) is 187 Å². The maximum atomic E-state index is 4.58. The highest BCUT2D eigenvalue weighted by Gasteiger charge is 2.24. The van der Waals surface area contributed by atoms with Crippen LogP contribution < -0.4 is 0 Å². The van der Waals surface area contributed by atoms with Gasteiger partial charge in [-0.05, 0) is 126 Å². The van der Waals surface area contributed by atoms with E-state index in [0.29, 0.717) is 17.8 Å². The number of allylic oxidation sites excluding steroid dienone is 5. The van der Waals surface area contributed by atoms with Crippen molar-refractivity contribution in [2.75, 3.05) is 0 Å². The Morgan fingerprint density at radius 1 is 0.662 bits per heavy atom. The molecule has 3 atom stereocenters. The molecule has 1 nitrogen and oxygen atoms in total. The molecule has 65 heavy (non-hydrogen) atoms. The van der Waals surface area contributed by atoms with Crippen molar-refractivity contribution >= 4 is 37.2 Å². The Hall–Kier alpha value is -5.83. The fraction of sp³-hybridized carbons (Fsp3) is 0.286. The van der Waals surface area contributed by atoms with Gasteiger partial charge >= 0.3 is 0 Å². The quantitative estimate of drug-likeness (QED) is 0.135. The summed E-state index contributed by atoms with van der Waals surface area (Å²) in [6, 6.07) is 47.4. The van der Waals surface area contributed by atoms with Gasteiger partial charge in [-0.15, -0.1) is 11.3 Å². The molecule has 6 aromatic carbocycles. The largest absolute Gasteiger partial charge is 0.262 e. The number of aliphatic imine (C=N–C) groups is 1. The maximum absolute atomic E-state index is 4.58. The molecular weight excluding hydrogens is 803 g/mol. The molecule has 0 saturated carbocycles. The van der Waals surface area contributed by atoms with Crippen molar-refractivity contribution in [2.45, 2.75) is 109 Å². The summed E-state index contributed by atoms with van der Waals surface area (Å²) in [7, 11) is 0. The fourth-order valence-electron chi connectivity index (χ4n) is 8.20. The van der Waals surface area contributed by atoms with E-state index in [9.17, 15) is 0 Å². The van der Waals surface area contributed by atoms with Crippen LogP contribution in [0.4, 0.5) is 0 Å². The summed E-state index contributed by atoms with van der Waals surface area (Å²) in [4.78, 5) is 4.08. The Balaban J connectivity index is 0.000000383. The average molecular weight is 880 g/mol. The van der Waals surface area contributed by atoms with Crippen molar-refractivity contribution in [3.05, 3.63) is 216 Å². The molecule has 2 heteroatoms. The summed E-state index contributed by atoms with van der Waals surface area (Å²) >= 11 is 1.91. The maximum Gasteiger partial charge on any atom is 0.0444 e. The standard InChI is InChI=1S/C40H40S.C10H11N.C7H8.3C2H6/c1-24-13-12-14-31(23-24)27(4)26(3)28(5)32-15-8-9-17-36(32)39-25(2)19-20-33(29(39)6)34-21-22-37-35-16-10-11-18-38(35)41-40(37)30(34)7;1-3-11-9(2)10-7-5-4-6-8-10;1-7-5-3-2-4-6-7;3*1-2/h8-12,14-24,26,28H,4,13H2,1-3,5-7H3;3-8H,1H2,2H3;2-6H,1H3;3*1-2H3. The summed E-state index contributed by atoms with van der Waals surface area (Å²) in [6.45, 7) is 38.1. The third kappa shape index (κ3) is 13.8. The minimum absolute atomic E-state index is 0.332. The van der Waals surface area contributed by atoms with Gasteiger partial charge in [0, 0.05) is 32.1 Å². The first-order chi connectivity index (χ1) is 31.5. The van der Waals surface area contributed by atoms with Gasteiger partial charge < -0.3 is 0 Å². The van der Waals surface area contributed by atoms with Crippen LogP contribution in [0.25, 0.3) is 42.4 Å². The van der Waals surface area contributed by atoms with Crippen molar-refractivity contribution in [2.24, 2.45) is 16.8 Å². The van der Waals surface area contributed by atoms with Gasteiger partial charge in [-0.2, -0.15) is 0 Å². The molecule has 3 unspecified atom stereocenters. The molecule has 1 aliphatic carbocycles. The van der Waals surface area contributed by atoms with Crippen LogP contribution in [0, 0.1) is 39.5 Å². The summed E-state index contributed by atoms with van der Waals surface area (Å²) in [5, 5.41) is 2.72. The predicted octanol–water partition coefficient (Wildman–Crippen LogP) is 19.8. The summed E-state index contributed by atoms with van der Waals surface area (Å²) < 4.78 is 2.75. The van der Waals surface area contributed by atoms with Gasteiger partial charge in [0.15, 0.2) is 0 Å². The first-order valence-electron chi connectivity index (χ1n) is 23.9. The smallest absolute Gasteiger partial charge is 0.0444 e. The molecule has 1 aliphatic rings. The lowest BCUT2D eigenvalue weighted by Crippen LogP contribution is -2.12. The second-order valence-corrected chi connectivity index (χ2v) is 17.0. The van der Waals surface area contributed by atoms with Gasteiger partial charge in [0.1, 0.15) is 0 Å². The molecule has 0 fully saturated rings. The molecule has 0 aliphatic heterocycles. The molecule has 0 bridgehead atoms. The number of nitrogens with zero attached hydrogens (tertiary/aromatic N) is 1. The lowest BCUT2D eigenvalue weighted by Gasteiger charge is -2.28. The molecule has 8 rings (SSSR count). The number of thiophene rings is 1. The van der Waals surface area contributed by atoms with Gasteiger partial charge in [-0.3, -0.25) is 4.99 Å². The van der Waals surface area contributed by atoms with E-state index >= 15 is 0 Å². The molecule has 0 N–H and O–H groups in total. The number of hydrogen-bond acceptors (Lipinski definition) is 2. The van der Waals surface area contributed by atoms with E-state index in [1.807, 2.05) is 108 Å². The molecule has 0 spiro atoms. The van der Waals surface area contributed by atoms with E-state index in [2.05, 4.69) is 170 Å². The number of benzene rings is 6. The first kappa shape index (κ1) is 53.5. The zero-order chi connectivity index (χ0) is 48.1. The van der Waals surface area contributed by atoms with Crippen molar-refractivity contribution < 1.29 is 0 Å². The Bertz CT molecular complexity index is 2650. The fourth-order valence-corrected chi connectivity index (χ4v) is 9.41. The minimum Gasteiger partial charge on any atom is -0.262 e. The monoisotopic (exact) mass is 880 g/mol. The van der Waals surface area contributed by atoms with Gasteiger partial charge in [-0.25, -0.2) is 0 Å². The number of hydrogen-bond donors (Lipinski definition) is 0. The van der Waals surface area contributed by atoms with E-state index in [-0.39, 0.29) is 0 Å². The van der Waals surface area contributed by atoms with E-state index in [0.717, 1.165) is 17.7 Å². The molecule has 7 aromatic rings. The topological polar surface area (TPSA) is 12.4 Å². The molecule has 340 valence electrons. The Morgan fingerprint density at radius 3 is 1.85 bits per heavy atom. The van der Waals surface area contributed by atoms with Crippen LogP contribution in [0.1, 0.15) is 115 Å². The molecule has 0 amide bonds. The summed E-state index contributed by atoms with van der Waals surface area (Å²) in [6.07, 6.45) is 9.64. The second-order valence-electron chi connectivity index (χ2n) is 16.0. The second kappa shape index (κ2) is 27.5. The number of fused-ring (bicyclic) bond motifs is 3. The summed E-state index contributed by atoms with van der Waals surface area (Å²) in [5.74, 6) is 1.24. The highest BCUT2D eigenvalue weighted by atomic mass is 32.1. The van der Waals surface area contributed by atoms with Crippen LogP contribution in [0.2, 0.25) is 0 Å². The number of rotatable bonds is 8. The Labute approximate surface area is 399 Å². The number of aryl methyl sites for hydroxylation is 3. The molecule has 0 saturated heterocycles. The van der Waals surface area contributed by atoms with E-state index in [1.165, 1.54) is 81.4 Å².